The molecule has 0 spiro atoms. The number of methoxy groups -OCH3 is 1. The van der Waals surface area contributed by atoms with E-state index in [0.717, 1.165) is 26.2 Å². The van der Waals surface area contributed by atoms with E-state index in [1.807, 2.05) is 13.8 Å². The highest BCUT2D eigenvalue weighted by Crippen LogP contribution is 2.23. The molecule has 0 aromatic rings. The molecule has 1 aliphatic rings. The molecule has 1 heterocycles. The molecule has 0 bridgehead atoms. The Morgan fingerprint density at radius 2 is 1.94 bits per heavy atom. The molecule has 3 heteroatoms. The number of rotatable bonds is 5. The van der Waals surface area contributed by atoms with E-state index in [2.05, 4.69) is 4.90 Å². The first-order valence-corrected chi connectivity index (χ1v) is 6.18. The summed E-state index contributed by atoms with van der Waals surface area (Å²) in [6.45, 7) is 9.74. The molecular formula is C13H25NO2. The Morgan fingerprint density at radius 3 is 2.38 bits per heavy atom. The number of ketones is 1. The van der Waals surface area contributed by atoms with Crippen molar-refractivity contribution in [3.8, 4) is 0 Å². The quantitative estimate of drug-likeness (QED) is 0.719. The number of ether oxygens (including phenoxy) is 1. The van der Waals surface area contributed by atoms with Gasteiger partial charge >= 0.3 is 0 Å². The highest BCUT2D eigenvalue weighted by Gasteiger charge is 2.28. The highest BCUT2D eigenvalue weighted by molar-refractivity contribution is 5.81. The molecule has 16 heavy (non-hydrogen) atoms. The van der Waals surface area contributed by atoms with Gasteiger partial charge in [0, 0.05) is 25.7 Å². The maximum absolute atomic E-state index is 11.5. The van der Waals surface area contributed by atoms with Crippen LogP contribution in [0.1, 0.15) is 33.6 Å². The van der Waals surface area contributed by atoms with E-state index >= 15 is 0 Å². The molecule has 0 unspecified atom stereocenters. The molecule has 0 aliphatic carbocycles. The number of nitrogens with zero attached hydrogens (tertiary/aromatic N) is 1. The first kappa shape index (κ1) is 13.7. The Morgan fingerprint density at radius 1 is 1.38 bits per heavy atom. The van der Waals surface area contributed by atoms with Crippen LogP contribution in [0.15, 0.2) is 0 Å². The van der Waals surface area contributed by atoms with Crippen molar-refractivity contribution >= 4 is 5.78 Å². The van der Waals surface area contributed by atoms with Crippen LogP contribution in [0.4, 0.5) is 0 Å². The van der Waals surface area contributed by atoms with Crippen LogP contribution in [0.25, 0.3) is 0 Å². The van der Waals surface area contributed by atoms with E-state index in [0.29, 0.717) is 5.92 Å². The van der Waals surface area contributed by atoms with Gasteiger partial charge in [-0.3, -0.25) is 4.79 Å². The number of hydrogen-bond acceptors (Lipinski definition) is 3. The monoisotopic (exact) mass is 227 g/mol. The van der Waals surface area contributed by atoms with Gasteiger partial charge in [-0.1, -0.05) is 13.8 Å². The Labute approximate surface area is 99.1 Å². The molecule has 0 saturated carbocycles. The smallest absolute Gasteiger partial charge is 0.136 e. The fourth-order valence-corrected chi connectivity index (χ4v) is 2.22. The van der Waals surface area contributed by atoms with Gasteiger partial charge in [-0.05, 0) is 38.8 Å². The van der Waals surface area contributed by atoms with Crippen molar-refractivity contribution in [1.29, 1.82) is 0 Å². The average Bonchev–Trinajstić information content (AvgIpc) is 2.21. The summed E-state index contributed by atoms with van der Waals surface area (Å²) in [5, 5.41) is 0. The van der Waals surface area contributed by atoms with Crippen molar-refractivity contribution in [1.82, 2.24) is 4.90 Å². The predicted molar refractivity (Wildman–Crippen MR) is 65.5 cm³/mol. The van der Waals surface area contributed by atoms with Crippen molar-refractivity contribution in [3.63, 3.8) is 0 Å². The third kappa shape index (κ3) is 3.87. The van der Waals surface area contributed by atoms with Gasteiger partial charge in [0.1, 0.15) is 5.78 Å². The van der Waals surface area contributed by atoms with Crippen LogP contribution in [0.3, 0.4) is 0 Å². The fourth-order valence-electron chi connectivity index (χ4n) is 2.22. The molecule has 94 valence electrons. The Bertz CT molecular complexity index is 230. The van der Waals surface area contributed by atoms with Gasteiger partial charge in [0.15, 0.2) is 0 Å². The molecule has 0 radical (unpaired) electrons. The summed E-state index contributed by atoms with van der Waals surface area (Å²) in [6, 6.07) is 0. The van der Waals surface area contributed by atoms with Crippen LogP contribution in [0.5, 0.6) is 0 Å². The van der Waals surface area contributed by atoms with Gasteiger partial charge in [-0.25, -0.2) is 0 Å². The van der Waals surface area contributed by atoms with Crippen molar-refractivity contribution in [2.24, 2.45) is 11.3 Å². The highest BCUT2D eigenvalue weighted by atomic mass is 16.5. The van der Waals surface area contributed by atoms with Crippen LogP contribution in [-0.2, 0) is 9.53 Å². The average molecular weight is 227 g/mol. The van der Waals surface area contributed by atoms with Crippen LogP contribution in [-0.4, -0.2) is 44.0 Å². The Hall–Kier alpha value is -0.410. The number of hydrogen-bond donors (Lipinski definition) is 0. The summed E-state index contributed by atoms with van der Waals surface area (Å²) < 4.78 is 5.18. The molecule has 1 saturated heterocycles. The molecule has 3 nitrogen and oxygen atoms in total. The van der Waals surface area contributed by atoms with Crippen molar-refractivity contribution in [3.05, 3.63) is 0 Å². The van der Waals surface area contributed by atoms with Crippen LogP contribution in [0.2, 0.25) is 0 Å². The second-order valence-corrected chi connectivity index (χ2v) is 5.61. The summed E-state index contributed by atoms with van der Waals surface area (Å²) in [7, 11) is 1.77. The molecule has 0 aromatic heterocycles. The molecule has 0 N–H and O–H groups in total. The largest absolute Gasteiger partial charge is 0.384 e. The SMILES string of the molecule is COCC1CCN(CC(C)(C)C(C)=O)CC1. The number of carbonyl (C=O) groups is 1. The summed E-state index contributed by atoms with van der Waals surface area (Å²) >= 11 is 0. The minimum Gasteiger partial charge on any atom is -0.384 e. The normalized spacial score (nSPS) is 20.0. The Kier molecular flexibility index (Phi) is 4.93. The van der Waals surface area contributed by atoms with Crippen molar-refractivity contribution in [2.75, 3.05) is 33.4 Å². The molecule has 0 atom stereocenters. The molecule has 0 amide bonds. The summed E-state index contributed by atoms with van der Waals surface area (Å²) in [5.41, 5.74) is -0.200. The minimum absolute atomic E-state index is 0.200. The van der Waals surface area contributed by atoms with Gasteiger partial charge in [0.05, 0.1) is 0 Å². The molecule has 1 aliphatic heterocycles. The third-order valence-electron chi connectivity index (χ3n) is 3.68. The van der Waals surface area contributed by atoms with Crippen LogP contribution >= 0.6 is 0 Å². The number of piperidine rings is 1. The van der Waals surface area contributed by atoms with Gasteiger partial charge in [0.25, 0.3) is 0 Å². The lowest BCUT2D eigenvalue weighted by Gasteiger charge is -2.36. The topological polar surface area (TPSA) is 29.5 Å². The zero-order valence-corrected chi connectivity index (χ0v) is 11.1. The summed E-state index contributed by atoms with van der Waals surface area (Å²) in [6.07, 6.45) is 2.39. The predicted octanol–water partition coefficient (Wildman–Crippen LogP) is 1.96. The van der Waals surface area contributed by atoms with E-state index < -0.39 is 0 Å². The molecule has 1 rings (SSSR count). The lowest BCUT2D eigenvalue weighted by molar-refractivity contribution is -0.126. The lowest BCUT2D eigenvalue weighted by Crippen LogP contribution is -2.43. The summed E-state index contributed by atoms with van der Waals surface area (Å²) in [4.78, 5) is 13.9. The fraction of sp³-hybridized carbons (Fsp3) is 0.923. The lowest BCUT2D eigenvalue weighted by atomic mass is 9.87. The van der Waals surface area contributed by atoms with Crippen molar-refractivity contribution in [2.45, 2.75) is 33.6 Å². The Balaban J connectivity index is 2.34. The third-order valence-corrected chi connectivity index (χ3v) is 3.68. The van der Waals surface area contributed by atoms with Gasteiger partial charge in [-0.2, -0.15) is 0 Å². The zero-order chi connectivity index (χ0) is 12.2. The number of likely N-dealkylation sites (tertiary alicyclic amines) is 1. The molecule has 0 aromatic carbocycles. The first-order valence-electron chi connectivity index (χ1n) is 6.18. The van der Waals surface area contributed by atoms with Crippen LogP contribution in [0, 0.1) is 11.3 Å². The van der Waals surface area contributed by atoms with E-state index in [9.17, 15) is 4.79 Å². The second kappa shape index (κ2) is 5.78. The number of carbonyl (C=O) groups excluding carboxylic acids is 1. The van der Waals surface area contributed by atoms with E-state index in [1.165, 1.54) is 12.8 Å². The number of Topliss-reactive ketones (excluding diaryl/α,β-unsaturated/α-hetero) is 1. The maximum atomic E-state index is 11.5. The maximum Gasteiger partial charge on any atom is 0.136 e. The van der Waals surface area contributed by atoms with Gasteiger partial charge in [0.2, 0.25) is 0 Å². The molecular weight excluding hydrogens is 202 g/mol. The van der Waals surface area contributed by atoms with Crippen LogP contribution < -0.4 is 0 Å². The second-order valence-electron chi connectivity index (χ2n) is 5.61. The zero-order valence-electron chi connectivity index (χ0n) is 11.1. The standard InChI is InChI=1S/C13H25NO2/c1-11(15)13(2,3)10-14-7-5-12(6-8-14)9-16-4/h12H,5-10H2,1-4H3. The van der Waals surface area contributed by atoms with E-state index in [4.69, 9.17) is 4.74 Å². The van der Waals surface area contributed by atoms with Gasteiger partial charge in [-0.15, -0.1) is 0 Å². The summed E-state index contributed by atoms with van der Waals surface area (Å²) in [5.74, 6) is 0.994. The van der Waals surface area contributed by atoms with Gasteiger partial charge < -0.3 is 9.64 Å². The first-order chi connectivity index (χ1) is 7.45. The van der Waals surface area contributed by atoms with Crippen molar-refractivity contribution < 1.29 is 9.53 Å². The molecule has 1 fully saturated rings. The minimum atomic E-state index is -0.200. The van der Waals surface area contributed by atoms with E-state index in [1.54, 1.807) is 14.0 Å². The van der Waals surface area contributed by atoms with E-state index in [-0.39, 0.29) is 11.2 Å².